The Morgan fingerprint density at radius 3 is 2.30 bits per heavy atom. The molecular formula is C23H24F3N3O. The van der Waals surface area contributed by atoms with Crippen molar-refractivity contribution in [2.45, 2.75) is 45.3 Å². The molecule has 0 saturated carbocycles. The largest absolute Gasteiger partial charge is 0.416 e. The number of hydrogen-bond acceptors (Lipinski definition) is 3. The normalized spacial score (nSPS) is 12.1. The maximum absolute atomic E-state index is 12.6. The molecule has 0 radical (unpaired) electrons. The first kappa shape index (κ1) is 21.6. The van der Waals surface area contributed by atoms with Gasteiger partial charge in [0.15, 0.2) is 0 Å². The lowest BCUT2D eigenvalue weighted by Crippen LogP contribution is -2.26. The fourth-order valence-electron chi connectivity index (χ4n) is 3.00. The van der Waals surface area contributed by atoms with Gasteiger partial charge in [-0.15, -0.1) is 0 Å². The zero-order valence-electron chi connectivity index (χ0n) is 17.1. The maximum atomic E-state index is 12.6. The topological polar surface area (TPSA) is 54.0 Å². The Balaban J connectivity index is 1.60. The van der Waals surface area contributed by atoms with Gasteiger partial charge < -0.3 is 10.6 Å². The van der Waals surface area contributed by atoms with Crippen molar-refractivity contribution in [1.29, 1.82) is 0 Å². The quantitative estimate of drug-likeness (QED) is 0.535. The van der Waals surface area contributed by atoms with Crippen LogP contribution in [-0.2, 0) is 17.4 Å². The predicted octanol–water partition coefficient (Wildman–Crippen LogP) is 6.04. The Morgan fingerprint density at radius 2 is 1.67 bits per heavy atom. The summed E-state index contributed by atoms with van der Waals surface area (Å²) in [7, 11) is 0. The third kappa shape index (κ3) is 5.95. The number of nitrogens with one attached hydrogen (secondary N) is 2. The number of nitrogens with zero attached hydrogens (tertiary/aromatic N) is 1. The molecule has 0 spiro atoms. The van der Waals surface area contributed by atoms with Crippen molar-refractivity contribution in [3.05, 3.63) is 65.7 Å². The molecule has 30 heavy (non-hydrogen) atoms. The summed E-state index contributed by atoms with van der Waals surface area (Å²) in [6.45, 7) is 6.17. The van der Waals surface area contributed by atoms with Crippen molar-refractivity contribution in [1.82, 2.24) is 4.98 Å². The first-order chi connectivity index (χ1) is 14.0. The summed E-state index contributed by atoms with van der Waals surface area (Å²) in [6, 6.07) is 14.2. The maximum Gasteiger partial charge on any atom is 0.416 e. The zero-order valence-corrected chi connectivity index (χ0v) is 17.1. The number of halogens is 3. The van der Waals surface area contributed by atoms with Crippen LogP contribution in [0.4, 0.5) is 24.7 Å². The van der Waals surface area contributed by atoms with E-state index in [1.165, 1.54) is 12.1 Å². The third-order valence-electron chi connectivity index (χ3n) is 4.40. The molecule has 2 aromatic carbocycles. The molecule has 1 aromatic heterocycles. The van der Waals surface area contributed by atoms with Crippen LogP contribution in [0.15, 0.2) is 54.6 Å². The molecule has 0 fully saturated rings. The molecule has 0 aliphatic rings. The summed E-state index contributed by atoms with van der Waals surface area (Å²) >= 11 is 0. The van der Waals surface area contributed by atoms with Crippen LogP contribution in [0.1, 0.15) is 38.3 Å². The van der Waals surface area contributed by atoms with Gasteiger partial charge in [0.25, 0.3) is 0 Å². The Labute approximate surface area is 173 Å². The van der Waals surface area contributed by atoms with Crippen molar-refractivity contribution < 1.29 is 18.0 Å². The van der Waals surface area contributed by atoms with E-state index in [1.54, 1.807) is 6.07 Å². The van der Waals surface area contributed by atoms with Gasteiger partial charge in [0.2, 0.25) is 5.91 Å². The van der Waals surface area contributed by atoms with Crippen LogP contribution in [0.2, 0.25) is 0 Å². The summed E-state index contributed by atoms with van der Waals surface area (Å²) in [5, 5.41) is 7.05. The van der Waals surface area contributed by atoms with Gasteiger partial charge in [-0.05, 0) is 75.2 Å². The molecule has 0 atom stereocenters. The monoisotopic (exact) mass is 415 g/mol. The molecule has 1 amide bonds. The number of anilines is 2. The Hall–Kier alpha value is -3.09. The highest BCUT2D eigenvalue weighted by molar-refractivity contribution is 5.94. The number of rotatable bonds is 5. The molecule has 7 heteroatoms. The minimum Gasteiger partial charge on any atom is -0.365 e. The molecule has 0 aliphatic carbocycles. The number of carbonyl (C=O) groups is 1. The van der Waals surface area contributed by atoms with E-state index in [-0.39, 0.29) is 17.9 Å². The molecule has 0 saturated heterocycles. The predicted molar refractivity (Wildman–Crippen MR) is 114 cm³/mol. The highest BCUT2D eigenvalue weighted by atomic mass is 19.4. The summed E-state index contributed by atoms with van der Waals surface area (Å²) in [4.78, 5) is 16.8. The number of amides is 1. The lowest BCUT2D eigenvalue weighted by molar-refractivity contribution is -0.137. The van der Waals surface area contributed by atoms with E-state index in [0.717, 1.165) is 28.9 Å². The molecule has 4 nitrogen and oxygen atoms in total. The molecule has 1 heterocycles. The highest BCUT2D eigenvalue weighted by Crippen LogP contribution is 2.29. The fourth-order valence-corrected chi connectivity index (χ4v) is 3.00. The van der Waals surface area contributed by atoms with E-state index in [4.69, 9.17) is 0 Å². The number of aromatic nitrogens is 1. The smallest absolute Gasteiger partial charge is 0.365 e. The van der Waals surface area contributed by atoms with Crippen molar-refractivity contribution in [3.63, 3.8) is 0 Å². The lowest BCUT2D eigenvalue weighted by Gasteiger charge is -2.21. The fraction of sp³-hybridized carbons (Fsp3) is 0.304. The van der Waals surface area contributed by atoms with Crippen LogP contribution in [0, 0.1) is 0 Å². The molecule has 3 aromatic rings. The highest BCUT2D eigenvalue weighted by Gasteiger charge is 2.29. The second-order valence-electron chi connectivity index (χ2n) is 8.22. The Bertz CT molecular complexity index is 1040. The van der Waals surface area contributed by atoms with Gasteiger partial charge in [-0.2, -0.15) is 13.2 Å². The van der Waals surface area contributed by atoms with Crippen molar-refractivity contribution >= 4 is 28.3 Å². The zero-order chi connectivity index (χ0) is 21.9. The van der Waals surface area contributed by atoms with Crippen LogP contribution < -0.4 is 10.6 Å². The molecule has 0 unspecified atom stereocenters. The van der Waals surface area contributed by atoms with E-state index in [0.29, 0.717) is 17.7 Å². The molecule has 2 N–H and O–H groups in total. The van der Waals surface area contributed by atoms with Gasteiger partial charge in [-0.3, -0.25) is 4.79 Å². The molecule has 0 aliphatic heterocycles. The minimum absolute atomic E-state index is 0.0956. The summed E-state index contributed by atoms with van der Waals surface area (Å²) in [5.41, 5.74) is 1.35. The van der Waals surface area contributed by atoms with E-state index in [2.05, 4.69) is 36.4 Å². The van der Waals surface area contributed by atoms with Crippen molar-refractivity contribution in [3.8, 4) is 0 Å². The third-order valence-corrected chi connectivity index (χ3v) is 4.40. The summed E-state index contributed by atoms with van der Waals surface area (Å²) in [5.74, 6) is 0.580. The molecule has 0 bridgehead atoms. The van der Waals surface area contributed by atoms with Crippen LogP contribution in [0.25, 0.3) is 10.9 Å². The van der Waals surface area contributed by atoms with E-state index < -0.39 is 11.7 Å². The summed E-state index contributed by atoms with van der Waals surface area (Å²) < 4.78 is 37.8. The minimum atomic E-state index is -4.36. The number of hydrogen-bond donors (Lipinski definition) is 2. The molecule has 158 valence electrons. The SMILES string of the molecule is CC(C)(C)Nc1ccc2cc(NC(=O)CCc3ccc(C(F)(F)F)cc3)ccc2n1. The molecular weight excluding hydrogens is 391 g/mol. The number of carbonyl (C=O) groups excluding carboxylic acids is 1. The van der Waals surface area contributed by atoms with Crippen LogP contribution in [-0.4, -0.2) is 16.4 Å². The van der Waals surface area contributed by atoms with Gasteiger partial charge in [-0.25, -0.2) is 4.98 Å². The van der Waals surface area contributed by atoms with Crippen LogP contribution >= 0.6 is 0 Å². The average Bonchev–Trinajstić information content (AvgIpc) is 2.65. The second kappa shape index (κ2) is 8.34. The van der Waals surface area contributed by atoms with E-state index in [1.807, 2.05) is 24.3 Å². The van der Waals surface area contributed by atoms with Gasteiger partial charge in [0.1, 0.15) is 5.82 Å². The summed E-state index contributed by atoms with van der Waals surface area (Å²) in [6.07, 6.45) is -3.82. The van der Waals surface area contributed by atoms with Crippen LogP contribution in [0.3, 0.4) is 0 Å². The Kier molecular flexibility index (Phi) is 6.01. The van der Waals surface area contributed by atoms with E-state index >= 15 is 0 Å². The average molecular weight is 415 g/mol. The number of fused-ring (bicyclic) bond motifs is 1. The van der Waals surface area contributed by atoms with Gasteiger partial charge >= 0.3 is 6.18 Å². The number of aryl methyl sites for hydroxylation is 1. The van der Waals surface area contributed by atoms with Crippen LogP contribution in [0.5, 0.6) is 0 Å². The van der Waals surface area contributed by atoms with Gasteiger partial charge in [0, 0.05) is 23.0 Å². The first-order valence-electron chi connectivity index (χ1n) is 9.65. The molecule has 3 rings (SSSR count). The van der Waals surface area contributed by atoms with Crippen molar-refractivity contribution in [2.24, 2.45) is 0 Å². The lowest BCUT2D eigenvalue weighted by atomic mass is 10.1. The number of alkyl halides is 3. The number of pyridine rings is 1. The van der Waals surface area contributed by atoms with Gasteiger partial charge in [0.05, 0.1) is 11.1 Å². The van der Waals surface area contributed by atoms with Crippen molar-refractivity contribution in [2.75, 3.05) is 10.6 Å². The van der Waals surface area contributed by atoms with E-state index in [9.17, 15) is 18.0 Å². The standard InChI is InChI=1S/C23H24F3N3O/c1-22(2,3)29-20-12-7-16-14-18(10-11-19(16)28-20)27-21(30)13-6-15-4-8-17(9-5-15)23(24,25)26/h4-5,7-12,14H,6,13H2,1-3H3,(H,27,30)(H,28,29). The number of benzene rings is 2. The second-order valence-corrected chi connectivity index (χ2v) is 8.22. The first-order valence-corrected chi connectivity index (χ1v) is 9.65. The van der Waals surface area contributed by atoms with Gasteiger partial charge in [-0.1, -0.05) is 12.1 Å². The Morgan fingerprint density at radius 1 is 0.967 bits per heavy atom.